The zero-order chi connectivity index (χ0) is 26.3. The van der Waals surface area contributed by atoms with Crippen LogP contribution in [0.5, 0.6) is 0 Å². The van der Waals surface area contributed by atoms with Gasteiger partial charge in [0.1, 0.15) is 0 Å². The molecule has 0 aliphatic rings. The fourth-order valence-electron chi connectivity index (χ4n) is 6.09. The topological polar surface area (TPSA) is 0 Å². The number of hydrogen-bond acceptors (Lipinski definition) is 0. The fraction of sp³-hybridized carbons (Fsp3) is 0.750. The van der Waals surface area contributed by atoms with Crippen LogP contribution in [0.4, 0.5) is 0 Å². The Bertz CT molecular complexity index is 710. The molecular weight excluding hydrogens is 780 g/mol. The van der Waals surface area contributed by atoms with Crippen molar-refractivity contribution in [2.75, 3.05) is 0 Å². The maximum atomic E-state index is 2.73. The quantitative estimate of drug-likeness (QED) is 0.110. The molecule has 0 saturated heterocycles. The normalized spacial score (nSPS) is 12.5. The van der Waals surface area contributed by atoms with Crippen molar-refractivity contribution in [1.82, 2.24) is 0 Å². The van der Waals surface area contributed by atoms with Crippen LogP contribution in [0, 0.1) is 0 Å². The number of unbranched alkanes of at least 4 members (excludes halogenated alkanes) is 6. The zero-order valence-electron chi connectivity index (χ0n) is 24.9. The van der Waals surface area contributed by atoms with E-state index in [1.165, 1.54) is 77.0 Å². The molecule has 2 heterocycles. The first-order chi connectivity index (χ1) is 17.5. The van der Waals surface area contributed by atoms with Crippen molar-refractivity contribution in [3.63, 3.8) is 0 Å². The van der Waals surface area contributed by atoms with Gasteiger partial charge in [0, 0.05) is 0 Å². The molecule has 0 amide bonds. The summed E-state index contributed by atoms with van der Waals surface area (Å²) >= 11 is -3.18. The van der Waals surface area contributed by atoms with Gasteiger partial charge < -0.3 is 0 Å². The molecule has 2 aromatic rings. The van der Waals surface area contributed by atoms with E-state index in [9.17, 15) is 0 Å². The van der Waals surface area contributed by atoms with Crippen molar-refractivity contribution < 1.29 is 0 Å². The Hall–Kier alpha value is 1.60. The van der Waals surface area contributed by atoms with Crippen molar-refractivity contribution in [2.24, 2.45) is 0 Å². The predicted molar refractivity (Wildman–Crippen MR) is 175 cm³/mol. The Morgan fingerprint density at radius 3 is 0.889 bits per heavy atom. The minimum atomic E-state index is -2.24. The van der Waals surface area contributed by atoms with E-state index >= 15 is 0 Å². The molecule has 0 aromatic carbocycles. The molecule has 0 atom stereocenters. The molecule has 0 nitrogen and oxygen atoms in total. The van der Waals surface area contributed by atoms with E-state index in [0.717, 1.165) is 0 Å². The molecule has 206 valence electrons. The summed E-state index contributed by atoms with van der Waals surface area (Å²) in [5.74, 6) is 0. The van der Waals surface area contributed by atoms with Crippen molar-refractivity contribution in [3.05, 3.63) is 24.3 Å². The molecule has 36 heavy (non-hydrogen) atoms. The molecule has 0 fully saturated rings. The Balaban J connectivity index is 2.41. The monoisotopic (exact) mass is 842 g/mol. The van der Waals surface area contributed by atoms with E-state index in [1.54, 1.807) is 26.6 Å². The molecule has 2 rings (SSSR count). The Morgan fingerprint density at radius 1 is 0.417 bits per heavy atom. The summed E-state index contributed by atoms with van der Waals surface area (Å²) in [6.45, 7) is 14.5. The van der Waals surface area contributed by atoms with Gasteiger partial charge in [-0.15, -0.1) is 0 Å². The van der Waals surface area contributed by atoms with Gasteiger partial charge >= 0.3 is 249 Å². The molecular formula is C32H58Se2Sn2. The van der Waals surface area contributed by atoms with Crippen molar-refractivity contribution in [3.8, 4) is 8.87 Å². The summed E-state index contributed by atoms with van der Waals surface area (Å²) < 4.78 is 17.6. The summed E-state index contributed by atoms with van der Waals surface area (Å²) in [6.07, 6.45) is 17.3. The van der Waals surface area contributed by atoms with Crippen LogP contribution in [0.1, 0.15) is 119 Å². The van der Waals surface area contributed by atoms with Crippen LogP contribution in [0.2, 0.25) is 26.6 Å². The molecule has 0 N–H and O–H groups in total. The first-order valence-electron chi connectivity index (χ1n) is 15.8. The second kappa shape index (κ2) is 18.9. The molecule has 4 heteroatoms. The summed E-state index contributed by atoms with van der Waals surface area (Å²) in [5, 5.41) is 0. The molecule has 0 unspecified atom stereocenters. The van der Waals surface area contributed by atoms with Gasteiger partial charge in [0.2, 0.25) is 0 Å². The maximum absolute atomic E-state index is 2.73. The van der Waals surface area contributed by atoms with E-state index < -0.39 is 36.8 Å². The van der Waals surface area contributed by atoms with Crippen LogP contribution in [-0.4, -0.2) is 65.8 Å². The van der Waals surface area contributed by atoms with Gasteiger partial charge in [0.05, 0.1) is 0 Å². The van der Waals surface area contributed by atoms with E-state index in [1.807, 2.05) is 8.87 Å². The summed E-state index contributed by atoms with van der Waals surface area (Å²) in [6, 6.07) is 10.7. The summed E-state index contributed by atoms with van der Waals surface area (Å²) in [5.41, 5.74) is 0. The van der Waals surface area contributed by atoms with E-state index in [4.69, 9.17) is 0 Å². The Labute approximate surface area is 246 Å². The summed E-state index contributed by atoms with van der Waals surface area (Å²) in [4.78, 5) is 0. The molecule has 0 radical (unpaired) electrons. The van der Waals surface area contributed by atoms with Crippen molar-refractivity contribution >= 4 is 70.7 Å². The van der Waals surface area contributed by atoms with Crippen LogP contribution >= 0.6 is 0 Å². The van der Waals surface area contributed by atoms with Crippen molar-refractivity contribution in [2.45, 2.75) is 145 Å². The standard InChI is InChI=1S/C8H4Se2.6C4H9.2Sn/c1-3-7(9-5-1)8-4-2-6-10-8;6*1-3-4-2;;/h1-4H;6*1,3-4H2,2H3;;. The third-order valence-corrected chi connectivity index (χ3v) is 57.7. The minimum absolute atomic E-state index is 0.649. The van der Waals surface area contributed by atoms with Gasteiger partial charge in [0.15, 0.2) is 0 Å². The van der Waals surface area contributed by atoms with Gasteiger partial charge in [-0.1, -0.05) is 0 Å². The van der Waals surface area contributed by atoms with Gasteiger partial charge in [-0.05, 0) is 0 Å². The molecule has 0 bridgehead atoms. The molecule has 2 aromatic heterocycles. The average molecular weight is 838 g/mol. The van der Waals surface area contributed by atoms with E-state index in [0.29, 0.717) is 29.0 Å². The second-order valence-corrected chi connectivity index (χ2v) is 46.9. The molecule has 0 aliphatic heterocycles. The Kier molecular flexibility index (Phi) is 17.7. The van der Waals surface area contributed by atoms with Crippen LogP contribution in [-0.2, 0) is 0 Å². The van der Waals surface area contributed by atoms with Crippen LogP contribution in [0.15, 0.2) is 24.3 Å². The third-order valence-electron chi connectivity index (χ3n) is 8.55. The van der Waals surface area contributed by atoms with Crippen LogP contribution < -0.4 is 4.91 Å². The van der Waals surface area contributed by atoms with Crippen LogP contribution in [0.25, 0.3) is 8.87 Å². The van der Waals surface area contributed by atoms with E-state index in [2.05, 4.69) is 70.7 Å². The summed E-state index contributed by atoms with van der Waals surface area (Å²) in [7, 11) is 0. The SMILES string of the molecule is CCC[CH2][Sn]([CH2]CCC)([CH2]CCC)[c]1ccc(-c2cc[c]([Sn]([CH2]CCC)([CH2]CCC)[CH2]CCC)[se]2)[se]1. The fourth-order valence-corrected chi connectivity index (χ4v) is 57.7. The number of rotatable bonds is 21. The van der Waals surface area contributed by atoms with Gasteiger partial charge in [-0.3, -0.25) is 0 Å². The van der Waals surface area contributed by atoms with Crippen LogP contribution in [0.3, 0.4) is 0 Å². The van der Waals surface area contributed by atoms with E-state index in [-0.39, 0.29) is 0 Å². The van der Waals surface area contributed by atoms with Gasteiger partial charge in [-0.2, -0.15) is 0 Å². The molecule has 0 spiro atoms. The Morgan fingerprint density at radius 2 is 0.667 bits per heavy atom. The number of hydrogen-bond donors (Lipinski definition) is 0. The predicted octanol–water partition coefficient (Wildman–Crippen LogP) is 9.58. The van der Waals surface area contributed by atoms with Crippen molar-refractivity contribution in [1.29, 1.82) is 0 Å². The van der Waals surface area contributed by atoms with Gasteiger partial charge in [0.25, 0.3) is 0 Å². The zero-order valence-corrected chi connectivity index (χ0v) is 34.0. The average Bonchev–Trinajstić information content (AvgIpc) is 3.59. The molecule has 0 saturated carbocycles. The second-order valence-electron chi connectivity index (χ2n) is 11.5. The third kappa shape index (κ3) is 9.90. The molecule has 0 aliphatic carbocycles. The van der Waals surface area contributed by atoms with Gasteiger partial charge in [-0.25, -0.2) is 0 Å². The first kappa shape index (κ1) is 33.8. The first-order valence-corrected chi connectivity index (χ1v) is 34.1.